The van der Waals surface area contributed by atoms with Gasteiger partial charge in [0.25, 0.3) is 0 Å². The first-order valence-corrected chi connectivity index (χ1v) is 4.29. The van der Waals surface area contributed by atoms with Crippen LogP contribution >= 0.6 is 0 Å². The average molecular weight is 196 g/mol. The molecule has 0 fully saturated rings. The molecule has 0 radical (unpaired) electrons. The Morgan fingerprint density at radius 2 is 2.00 bits per heavy atom. The van der Waals surface area contributed by atoms with Crippen LogP contribution in [0.3, 0.4) is 0 Å². The Labute approximate surface area is 81.4 Å². The SMILES string of the molecule is O=C(O)[C@H](O)CCc1ccccc1O. The van der Waals surface area contributed by atoms with E-state index in [9.17, 15) is 9.90 Å². The van der Waals surface area contributed by atoms with Gasteiger partial charge in [0, 0.05) is 0 Å². The summed E-state index contributed by atoms with van der Waals surface area (Å²) in [4.78, 5) is 10.3. The van der Waals surface area contributed by atoms with E-state index in [0.717, 1.165) is 0 Å². The van der Waals surface area contributed by atoms with Crippen LogP contribution in [0, 0.1) is 0 Å². The lowest BCUT2D eigenvalue weighted by Crippen LogP contribution is -2.19. The fraction of sp³-hybridized carbons (Fsp3) is 0.300. The molecule has 1 aromatic carbocycles. The van der Waals surface area contributed by atoms with Crippen molar-refractivity contribution in [3.63, 3.8) is 0 Å². The number of phenols is 1. The molecule has 0 aliphatic heterocycles. The molecule has 76 valence electrons. The van der Waals surface area contributed by atoms with Gasteiger partial charge in [-0.3, -0.25) is 0 Å². The van der Waals surface area contributed by atoms with Gasteiger partial charge in [-0.1, -0.05) is 18.2 Å². The minimum atomic E-state index is -1.37. The Hall–Kier alpha value is -1.55. The number of hydrogen-bond donors (Lipinski definition) is 3. The summed E-state index contributed by atoms with van der Waals surface area (Å²) in [6.07, 6.45) is -0.915. The van der Waals surface area contributed by atoms with Crippen molar-refractivity contribution in [2.45, 2.75) is 18.9 Å². The number of aryl methyl sites for hydroxylation is 1. The van der Waals surface area contributed by atoms with Crippen LogP contribution in [0.4, 0.5) is 0 Å². The maximum atomic E-state index is 10.3. The van der Waals surface area contributed by atoms with E-state index in [1.807, 2.05) is 0 Å². The molecule has 0 aromatic heterocycles. The standard InChI is InChI=1S/C10H12O4/c11-8-4-2-1-3-7(8)5-6-9(12)10(13)14/h1-4,9,11-12H,5-6H2,(H,13,14)/t9-/m1/s1. The number of aliphatic hydroxyl groups is 1. The lowest BCUT2D eigenvalue weighted by atomic mass is 10.1. The van der Waals surface area contributed by atoms with Crippen molar-refractivity contribution < 1.29 is 20.1 Å². The van der Waals surface area contributed by atoms with Gasteiger partial charge in [0.2, 0.25) is 0 Å². The monoisotopic (exact) mass is 196 g/mol. The lowest BCUT2D eigenvalue weighted by molar-refractivity contribution is -0.146. The van der Waals surface area contributed by atoms with Crippen LogP contribution in [-0.2, 0) is 11.2 Å². The van der Waals surface area contributed by atoms with Crippen LogP contribution in [0.1, 0.15) is 12.0 Å². The molecule has 0 aliphatic rings. The minimum Gasteiger partial charge on any atom is -0.508 e. The predicted molar refractivity (Wildman–Crippen MR) is 50.1 cm³/mol. The Morgan fingerprint density at radius 1 is 1.36 bits per heavy atom. The van der Waals surface area contributed by atoms with Gasteiger partial charge in [0.1, 0.15) is 5.75 Å². The summed E-state index contributed by atoms with van der Waals surface area (Å²) in [5.41, 5.74) is 0.646. The highest BCUT2D eigenvalue weighted by atomic mass is 16.4. The van der Waals surface area contributed by atoms with E-state index in [2.05, 4.69) is 0 Å². The van der Waals surface area contributed by atoms with Crippen molar-refractivity contribution in [2.75, 3.05) is 0 Å². The average Bonchev–Trinajstić information content (AvgIpc) is 2.16. The first kappa shape index (κ1) is 10.5. The minimum absolute atomic E-state index is 0.104. The van der Waals surface area contributed by atoms with Gasteiger partial charge in [0.15, 0.2) is 6.10 Å². The second-order valence-electron chi connectivity index (χ2n) is 3.02. The number of phenolic OH excluding ortho intramolecular Hbond substituents is 1. The zero-order chi connectivity index (χ0) is 10.6. The largest absolute Gasteiger partial charge is 0.508 e. The molecule has 1 aromatic rings. The van der Waals surface area contributed by atoms with Crippen molar-refractivity contribution in [1.82, 2.24) is 0 Å². The van der Waals surface area contributed by atoms with Crippen LogP contribution < -0.4 is 0 Å². The number of carboxylic acid groups (broad SMARTS) is 1. The zero-order valence-corrected chi connectivity index (χ0v) is 7.55. The van der Waals surface area contributed by atoms with E-state index in [1.165, 1.54) is 6.07 Å². The summed E-state index contributed by atoms with van der Waals surface area (Å²) in [5, 5.41) is 26.7. The summed E-state index contributed by atoms with van der Waals surface area (Å²) >= 11 is 0. The number of hydrogen-bond acceptors (Lipinski definition) is 3. The van der Waals surface area contributed by atoms with E-state index in [0.29, 0.717) is 12.0 Å². The van der Waals surface area contributed by atoms with Crippen molar-refractivity contribution >= 4 is 5.97 Å². The highest BCUT2D eigenvalue weighted by molar-refractivity contribution is 5.71. The molecule has 3 N–H and O–H groups in total. The fourth-order valence-corrected chi connectivity index (χ4v) is 1.14. The molecule has 0 heterocycles. The number of aromatic hydroxyl groups is 1. The number of aliphatic carboxylic acids is 1. The van der Waals surface area contributed by atoms with E-state index in [-0.39, 0.29) is 12.2 Å². The third-order valence-electron chi connectivity index (χ3n) is 1.96. The van der Waals surface area contributed by atoms with Crippen molar-refractivity contribution in [2.24, 2.45) is 0 Å². The lowest BCUT2D eigenvalue weighted by Gasteiger charge is -2.06. The summed E-state index contributed by atoms with van der Waals surface area (Å²) in [6.45, 7) is 0. The third kappa shape index (κ3) is 2.74. The first-order chi connectivity index (χ1) is 6.61. The van der Waals surface area contributed by atoms with E-state index in [1.54, 1.807) is 18.2 Å². The van der Waals surface area contributed by atoms with Crippen LogP contribution in [0.15, 0.2) is 24.3 Å². The van der Waals surface area contributed by atoms with E-state index >= 15 is 0 Å². The molecule has 0 saturated carbocycles. The predicted octanol–water partition coefficient (Wildman–Crippen LogP) is 0.770. The topological polar surface area (TPSA) is 77.8 Å². The van der Waals surface area contributed by atoms with Crippen molar-refractivity contribution in [3.05, 3.63) is 29.8 Å². The van der Waals surface area contributed by atoms with Gasteiger partial charge in [0.05, 0.1) is 0 Å². The number of benzene rings is 1. The summed E-state index contributed by atoms with van der Waals surface area (Å²) in [7, 11) is 0. The molecule has 1 atom stereocenters. The highest BCUT2D eigenvalue weighted by Gasteiger charge is 2.13. The molecule has 0 unspecified atom stereocenters. The van der Waals surface area contributed by atoms with Crippen LogP contribution in [-0.4, -0.2) is 27.4 Å². The highest BCUT2D eigenvalue weighted by Crippen LogP contribution is 2.17. The number of rotatable bonds is 4. The number of aliphatic hydroxyl groups excluding tert-OH is 1. The molecular formula is C10H12O4. The summed E-state index contributed by atoms with van der Waals surface area (Å²) in [5.74, 6) is -1.11. The van der Waals surface area contributed by atoms with Gasteiger partial charge >= 0.3 is 5.97 Å². The number of para-hydroxylation sites is 1. The Bertz CT molecular complexity index is 322. The Balaban J connectivity index is 2.54. The molecule has 4 nitrogen and oxygen atoms in total. The maximum Gasteiger partial charge on any atom is 0.332 e. The molecule has 1 rings (SSSR count). The van der Waals surface area contributed by atoms with Gasteiger partial charge < -0.3 is 15.3 Å². The maximum absolute atomic E-state index is 10.3. The van der Waals surface area contributed by atoms with Crippen molar-refractivity contribution in [1.29, 1.82) is 0 Å². The molecule has 4 heteroatoms. The summed E-state index contributed by atoms with van der Waals surface area (Å²) < 4.78 is 0. The third-order valence-corrected chi connectivity index (χ3v) is 1.96. The van der Waals surface area contributed by atoms with E-state index < -0.39 is 12.1 Å². The molecule has 0 aliphatic carbocycles. The van der Waals surface area contributed by atoms with Crippen LogP contribution in [0.5, 0.6) is 5.75 Å². The van der Waals surface area contributed by atoms with Crippen molar-refractivity contribution in [3.8, 4) is 5.75 Å². The Kier molecular flexibility index (Phi) is 3.48. The summed E-state index contributed by atoms with van der Waals surface area (Å²) in [6, 6.07) is 6.67. The normalized spacial score (nSPS) is 12.4. The quantitative estimate of drug-likeness (QED) is 0.664. The van der Waals surface area contributed by atoms with Gasteiger partial charge in [-0.15, -0.1) is 0 Å². The molecule has 14 heavy (non-hydrogen) atoms. The second-order valence-corrected chi connectivity index (χ2v) is 3.02. The van der Waals surface area contributed by atoms with Gasteiger partial charge in [-0.05, 0) is 24.5 Å². The molecule has 0 spiro atoms. The molecule has 0 saturated heterocycles. The van der Waals surface area contributed by atoms with Gasteiger partial charge in [-0.2, -0.15) is 0 Å². The zero-order valence-electron chi connectivity index (χ0n) is 7.55. The molecule has 0 amide bonds. The number of carbonyl (C=O) groups is 1. The fourth-order valence-electron chi connectivity index (χ4n) is 1.14. The Morgan fingerprint density at radius 3 is 2.57 bits per heavy atom. The van der Waals surface area contributed by atoms with Crippen LogP contribution in [0.25, 0.3) is 0 Å². The van der Waals surface area contributed by atoms with Gasteiger partial charge in [-0.25, -0.2) is 4.79 Å². The smallest absolute Gasteiger partial charge is 0.332 e. The number of carboxylic acids is 1. The molecular weight excluding hydrogens is 184 g/mol. The second kappa shape index (κ2) is 4.62. The molecule has 0 bridgehead atoms. The first-order valence-electron chi connectivity index (χ1n) is 4.29. The van der Waals surface area contributed by atoms with E-state index in [4.69, 9.17) is 10.2 Å². The van der Waals surface area contributed by atoms with Crippen LogP contribution in [0.2, 0.25) is 0 Å².